The summed E-state index contributed by atoms with van der Waals surface area (Å²) < 4.78 is 0. The molecule has 2 atom stereocenters. The van der Waals surface area contributed by atoms with Crippen molar-refractivity contribution in [1.82, 2.24) is 5.32 Å². The molecule has 0 spiro atoms. The van der Waals surface area contributed by atoms with Crippen LogP contribution in [0.2, 0.25) is 0 Å². The largest absolute Gasteiger partial charge is 0.310 e. The van der Waals surface area contributed by atoms with Crippen molar-refractivity contribution >= 4 is 0 Å². The fraction of sp³-hybridized carbons (Fsp3) is 0.294. The van der Waals surface area contributed by atoms with E-state index in [1.807, 2.05) is 0 Å². The first-order valence-corrected chi connectivity index (χ1v) is 6.59. The zero-order valence-electron chi connectivity index (χ0n) is 11.1. The van der Waals surface area contributed by atoms with Crippen LogP contribution in [0.4, 0.5) is 0 Å². The third kappa shape index (κ3) is 3.44. The molecule has 2 rings (SSSR count). The second-order valence-corrected chi connectivity index (χ2v) is 4.85. The molecule has 1 N–H and O–H groups in total. The molecule has 0 aliphatic rings. The maximum atomic E-state index is 3.60. The molecular weight excluding hydrogens is 218 g/mol. The molecule has 94 valence electrons. The Balaban J connectivity index is 1.90. The summed E-state index contributed by atoms with van der Waals surface area (Å²) in [7, 11) is 0. The van der Waals surface area contributed by atoms with Gasteiger partial charge in [-0.15, -0.1) is 0 Å². The lowest BCUT2D eigenvalue weighted by Gasteiger charge is -2.22. The summed E-state index contributed by atoms with van der Waals surface area (Å²) in [4.78, 5) is 0. The van der Waals surface area contributed by atoms with Crippen LogP contribution >= 0.6 is 0 Å². The zero-order chi connectivity index (χ0) is 12.8. The van der Waals surface area contributed by atoms with Gasteiger partial charge in [-0.05, 0) is 24.0 Å². The van der Waals surface area contributed by atoms with E-state index < -0.39 is 0 Å². The van der Waals surface area contributed by atoms with E-state index in [0.29, 0.717) is 12.0 Å². The number of rotatable bonds is 5. The molecule has 1 nitrogen and oxygen atoms in total. The van der Waals surface area contributed by atoms with Crippen LogP contribution in [0.3, 0.4) is 0 Å². The zero-order valence-corrected chi connectivity index (χ0v) is 11.1. The average Bonchev–Trinajstić information content (AvgIpc) is 2.46. The van der Waals surface area contributed by atoms with Gasteiger partial charge in [0.1, 0.15) is 0 Å². The van der Waals surface area contributed by atoms with Crippen LogP contribution in [0.25, 0.3) is 0 Å². The predicted octanol–water partition coefficient (Wildman–Crippen LogP) is 3.97. The molecule has 1 heteroatoms. The molecule has 0 radical (unpaired) electrons. The highest BCUT2D eigenvalue weighted by Crippen LogP contribution is 2.18. The fourth-order valence-corrected chi connectivity index (χ4v) is 2.10. The minimum absolute atomic E-state index is 0.465. The van der Waals surface area contributed by atoms with E-state index in [9.17, 15) is 0 Å². The Morgan fingerprint density at radius 2 is 1.39 bits per heavy atom. The summed E-state index contributed by atoms with van der Waals surface area (Å²) in [6.45, 7) is 5.46. The smallest absolute Gasteiger partial charge is 0.0208 e. The van der Waals surface area contributed by atoms with Gasteiger partial charge in [0.25, 0.3) is 0 Å². The molecule has 18 heavy (non-hydrogen) atoms. The summed E-state index contributed by atoms with van der Waals surface area (Å²) >= 11 is 0. The Morgan fingerprint density at radius 1 is 0.833 bits per heavy atom. The lowest BCUT2D eigenvalue weighted by Crippen LogP contribution is -2.30. The first-order valence-electron chi connectivity index (χ1n) is 6.59. The van der Waals surface area contributed by atoms with E-state index in [1.54, 1.807) is 0 Å². The second-order valence-electron chi connectivity index (χ2n) is 4.85. The highest BCUT2D eigenvalue weighted by molar-refractivity contribution is 5.20. The quantitative estimate of drug-likeness (QED) is 0.832. The molecule has 0 fully saturated rings. The monoisotopic (exact) mass is 239 g/mol. The molecule has 0 saturated carbocycles. The van der Waals surface area contributed by atoms with Crippen LogP contribution < -0.4 is 5.32 Å². The van der Waals surface area contributed by atoms with Gasteiger partial charge in [0.15, 0.2) is 0 Å². The third-order valence-corrected chi connectivity index (χ3v) is 3.55. The number of nitrogens with one attached hydrogen (secondary N) is 1. The molecule has 0 aliphatic heterocycles. The van der Waals surface area contributed by atoms with Gasteiger partial charge in [0.05, 0.1) is 0 Å². The van der Waals surface area contributed by atoms with Crippen molar-refractivity contribution in [1.29, 1.82) is 0 Å². The normalized spacial score (nSPS) is 14.1. The van der Waals surface area contributed by atoms with Crippen molar-refractivity contribution in [3.05, 3.63) is 71.8 Å². The molecule has 0 saturated heterocycles. The number of hydrogen-bond donors (Lipinski definition) is 1. The summed E-state index contributed by atoms with van der Waals surface area (Å²) in [5.74, 6) is 0.523. The van der Waals surface area contributed by atoms with E-state index in [-0.39, 0.29) is 0 Å². The van der Waals surface area contributed by atoms with Crippen LogP contribution in [0.15, 0.2) is 60.7 Å². The Hall–Kier alpha value is -1.60. The topological polar surface area (TPSA) is 12.0 Å². The Bertz CT molecular complexity index is 450. The van der Waals surface area contributed by atoms with Gasteiger partial charge in [0, 0.05) is 12.6 Å². The Kier molecular flexibility index (Phi) is 4.54. The van der Waals surface area contributed by atoms with Crippen LogP contribution in [0, 0.1) is 0 Å². The standard InChI is InChI=1S/C17H21N/c1-14(17-11-7-4-8-12-17)15(2)18-13-16-9-5-3-6-10-16/h3-12,14-15,18H,13H2,1-2H3/t14-,15-/m1/s1. The first kappa shape index (κ1) is 12.8. The third-order valence-electron chi connectivity index (χ3n) is 3.55. The first-order chi connectivity index (χ1) is 8.77. The van der Waals surface area contributed by atoms with E-state index >= 15 is 0 Å². The van der Waals surface area contributed by atoms with Gasteiger partial charge >= 0.3 is 0 Å². The van der Waals surface area contributed by atoms with E-state index in [0.717, 1.165) is 6.54 Å². The average molecular weight is 239 g/mol. The molecule has 2 aromatic carbocycles. The van der Waals surface area contributed by atoms with Crippen molar-refractivity contribution in [2.75, 3.05) is 0 Å². The van der Waals surface area contributed by atoms with Crippen LogP contribution in [0.1, 0.15) is 30.9 Å². The summed E-state index contributed by atoms with van der Waals surface area (Å²) in [6, 6.07) is 21.7. The molecule has 0 heterocycles. The SMILES string of the molecule is C[C@@H](NCc1ccccc1)[C@@H](C)c1ccccc1. The molecule has 0 aliphatic carbocycles. The van der Waals surface area contributed by atoms with Gasteiger partial charge in [-0.3, -0.25) is 0 Å². The van der Waals surface area contributed by atoms with Crippen molar-refractivity contribution in [2.24, 2.45) is 0 Å². The van der Waals surface area contributed by atoms with Crippen LogP contribution in [-0.2, 0) is 6.54 Å². The molecule has 2 aromatic rings. The lowest BCUT2D eigenvalue weighted by atomic mass is 9.94. The summed E-state index contributed by atoms with van der Waals surface area (Å²) in [5, 5.41) is 3.60. The predicted molar refractivity (Wildman–Crippen MR) is 77.6 cm³/mol. The fourth-order valence-electron chi connectivity index (χ4n) is 2.10. The van der Waals surface area contributed by atoms with E-state index in [4.69, 9.17) is 0 Å². The maximum Gasteiger partial charge on any atom is 0.0208 e. The summed E-state index contributed by atoms with van der Waals surface area (Å²) in [5.41, 5.74) is 2.73. The minimum Gasteiger partial charge on any atom is -0.310 e. The lowest BCUT2D eigenvalue weighted by molar-refractivity contribution is 0.480. The summed E-state index contributed by atoms with van der Waals surface area (Å²) in [6.07, 6.45) is 0. The van der Waals surface area contributed by atoms with E-state index in [1.165, 1.54) is 11.1 Å². The van der Waals surface area contributed by atoms with Gasteiger partial charge in [-0.25, -0.2) is 0 Å². The van der Waals surface area contributed by atoms with Crippen molar-refractivity contribution in [3.8, 4) is 0 Å². The second kappa shape index (κ2) is 6.36. The van der Waals surface area contributed by atoms with Crippen LogP contribution in [0.5, 0.6) is 0 Å². The molecular formula is C17H21N. The molecule has 0 aromatic heterocycles. The maximum absolute atomic E-state index is 3.60. The van der Waals surface area contributed by atoms with Crippen molar-refractivity contribution < 1.29 is 0 Å². The Morgan fingerprint density at radius 3 is 2.00 bits per heavy atom. The van der Waals surface area contributed by atoms with Crippen molar-refractivity contribution in [3.63, 3.8) is 0 Å². The highest BCUT2D eigenvalue weighted by Gasteiger charge is 2.13. The number of benzene rings is 2. The minimum atomic E-state index is 0.465. The van der Waals surface area contributed by atoms with E-state index in [2.05, 4.69) is 79.8 Å². The molecule has 0 amide bonds. The van der Waals surface area contributed by atoms with Gasteiger partial charge < -0.3 is 5.32 Å². The van der Waals surface area contributed by atoms with Gasteiger partial charge in [-0.2, -0.15) is 0 Å². The molecule has 0 bridgehead atoms. The molecule has 0 unspecified atom stereocenters. The Labute approximate surface area is 110 Å². The highest BCUT2D eigenvalue weighted by atomic mass is 14.9. The number of hydrogen-bond acceptors (Lipinski definition) is 1. The van der Waals surface area contributed by atoms with Gasteiger partial charge in [-0.1, -0.05) is 67.6 Å². The van der Waals surface area contributed by atoms with Gasteiger partial charge in [0.2, 0.25) is 0 Å². The van der Waals surface area contributed by atoms with Crippen molar-refractivity contribution in [2.45, 2.75) is 32.4 Å². The van der Waals surface area contributed by atoms with Crippen LogP contribution in [-0.4, -0.2) is 6.04 Å².